The molecular weight excluding hydrogens is 388 g/mol. The Morgan fingerprint density at radius 2 is 1.95 bits per heavy atom. The molecule has 1 heterocycles. The maximum atomic E-state index is 12.7. The molecule has 0 atom stereocenters. The van der Waals surface area contributed by atoms with Crippen LogP contribution in [0.5, 0.6) is 0 Å². The maximum absolute atomic E-state index is 12.7. The van der Waals surface area contributed by atoms with Crippen molar-refractivity contribution in [2.75, 3.05) is 0 Å². The van der Waals surface area contributed by atoms with Crippen molar-refractivity contribution in [3.8, 4) is 0 Å². The predicted molar refractivity (Wildman–Crippen MR) is 92.3 cm³/mol. The number of rotatable bonds is 1. The Hall–Kier alpha value is -1.76. The van der Waals surface area contributed by atoms with Gasteiger partial charge in [0.05, 0.1) is 21.5 Å². The molecule has 0 saturated heterocycles. The van der Waals surface area contributed by atoms with E-state index in [2.05, 4.69) is 20.9 Å². The van der Waals surface area contributed by atoms with E-state index < -0.39 is 11.5 Å². The minimum absolute atomic E-state index is 0.0322. The maximum Gasteiger partial charge on any atom is 0.269 e. The second-order valence-electron chi connectivity index (χ2n) is 4.55. The van der Waals surface area contributed by atoms with Gasteiger partial charge in [-0.2, -0.15) is 0 Å². The molecule has 4 nitrogen and oxygen atoms in total. The molecule has 1 N–H and O–H groups in total. The fourth-order valence-electron chi connectivity index (χ4n) is 2.13. The van der Waals surface area contributed by atoms with Crippen molar-refractivity contribution in [3.05, 3.63) is 72.6 Å². The molecule has 0 aliphatic carbocycles. The first kappa shape index (κ1) is 15.1. The van der Waals surface area contributed by atoms with E-state index in [1.807, 2.05) is 0 Å². The molecule has 3 rings (SSSR count). The van der Waals surface area contributed by atoms with Crippen LogP contribution in [-0.2, 0) is 0 Å². The van der Waals surface area contributed by atoms with Crippen LogP contribution in [0.3, 0.4) is 0 Å². The summed E-state index contributed by atoms with van der Waals surface area (Å²) in [4.78, 5) is 28.1. The van der Waals surface area contributed by atoms with Gasteiger partial charge in [-0.05, 0) is 42.5 Å². The summed E-state index contributed by atoms with van der Waals surface area (Å²) in [6.07, 6.45) is 0. The van der Waals surface area contributed by atoms with E-state index in [-0.39, 0.29) is 15.4 Å². The fraction of sp³-hybridized carbons (Fsp3) is 0. The molecule has 0 aliphatic heterocycles. The number of fused-ring (bicyclic) bond motifs is 1. The number of nitrogens with zero attached hydrogens (tertiary/aromatic N) is 1. The normalized spacial score (nSPS) is 10.8. The number of nitrogens with one attached hydrogen (secondary N) is 1. The highest BCUT2D eigenvalue weighted by atomic mass is 79.9. The molecule has 1 aromatic heterocycles. The van der Waals surface area contributed by atoms with E-state index in [1.54, 1.807) is 42.5 Å². The first-order chi connectivity index (χ1) is 10.5. The summed E-state index contributed by atoms with van der Waals surface area (Å²) in [5, 5.41) is 0.637. The minimum atomic E-state index is -0.566. The molecule has 3 aromatic rings. The summed E-state index contributed by atoms with van der Waals surface area (Å²) < 4.78 is 1.64. The van der Waals surface area contributed by atoms with Crippen molar-refractivity contribution in [3.63, 3.8) is 0 Å². The average molecular weight is 396 g/mol. The lowest BCUT2D eigenvalue weighted by Crippen LogP contribution is -2.29. The van der Waals surface area contributed by atoms with Gasteiger partial charge in [-0.25, -0.2) is 4.57 Å². The van der Waals surface area contributed by atoms with Gasteiger partial charge in [0, 0.05) is 4.47 Å². The van der Waals surface area contributed by atoms with E-state index in [0.29, 0.717) is 15.4 Å². The number of hydrogen-bond acceptors (Lipinski definition) is 3. The number of aromatic amines is 1. The number of benzene rings is 2. The Morgan fingerprint density at radius 3 is 2.73 bits per heavy atom. The monoisotopic (exact) mass is 394 g/mol. The molecule has 0 unspecified atom stereocenters. The van der Waals surface area contributed by atoms with Crippen LogP contribution in [-0.4, -0.2) is 15.5 Å². The van der Waals surface area contributed by atoms with Crippen molar-refractivity contribution < 1.29 is 4.79 Å². The van der Waals surface area contributed by atoms with Crippen molar-refractivity contribution in [1.29, 1.82) is 0 Å². The van der Waals surface area contributed by atoms with Crippen LogP contribution in [0.1, 0.15) is 10.4 Å². The molecule has 0 fully saturated rings. The fourth-order valence-corrected chi connectivity index (χ4v) is 2.96. The van der Waals surface area contributed by atoms with E-state index >= 15 is 0 Å². The van der Waals surface area contributed by atoms with Gasteiger partial charge in [0.15, 0.2) is 4.77 Å². The second kappa shape index (κ2) is 5.79. The number of carbonyl (C=O) groups excluding carboxylic acids is 1. The van der Waals surface area contributed by atoms with Crippen LogP contribution in [0.4, 0.5) is 0 Å². The molecule has 0 spiro atoms. The third kappa shape index (κ3) is 2.54. The van der Waals surface area contributed by atoms with E-state index in [1.165, 1.54) is 0 Å². The molecule has 0 amide bonds. The SMILES string of the molecule is O=C(c1cc(Br)ccc1Cl)n1c(=S)[nH]c2ccccc2c1=O. The molecule has 22 heavy (non-hydrogen) atoms. The van der Waals surface area contributed by atoms with Gasteiger partial charge in [-0.3, -0.25) is 9.59 Å². The van der Waals surface area contributed by atoms with Crippen LogP contribution in [0.2, 0.25) is 5.02 Å². The Kier molecular flexibility index (Phi) is 3.99. The van der Waals surface area contributed by atoms with E-state index in [4.69, 9.17) is 23.8 Å². The van der Waals surface area contributed by atoms with Crippen LogP contribution >= 0.6 is 39.7 Å². The highest BCUT2D eigenvalue weighted by Crippen LogP contribution is 2.22. The first-order valence-electron chi connectivity index (χ1n) is 6.23. The summed E-state index contributed by atoms with van der Waals surface area (Å²) in [5.41, 5.74) is 0.315. The third-order valence-electron chi connectivity index (χ3n) is 3.17. The molecule has 0 aliphatic rings. The van der Waals surface area contributed by atoms with Crippen LogP contribution in [0.15, 0.2) is 51.7 Å². The lowest BCUT2D eigenvalue weighted by Gasteiger charge is -2.08. The first-order valence-corrected chi connectivity index (χ1v) is 7.81. The molecule has 0 saturated carbocycles. The van der Waals surface area contributed by atoms with Crippen molar-refractivity contribution >= 4 is 56.6 Å². The summed E-state index contributed by atoms with van der Waals surface area (Å²) in [6, 6.07) is 11.7. The van der Waals surface area contributed by atoms with Crippen LogP contribution in [0.25, 0.3) is 10.9 Å². The van der Waals surface area contributed by atoms with E-state index in [9.17, 15) is 9.59 Å². The minimum Gasteiger partial charge on any atom is -0.331 e. The van der Waals surface area contributed by atoms with Gasteiger partial charge in [0.1, 0.15) is 0 Å². The van der Waals surface area contributed by atoms with Gasteiger partial charge >= 0.3 is 0 Å². The lowest BCUT2D eigenvalue weighted by atomic mass is 10.2. The van der Waals surface area contributed by atoms with Crippen molar-refractivity contribution in [2.24, 2.45) is 0 Å². The Bertz CT molecular complexity index is 1030. The number of hydrogen-bond donors (Lipinski definition) is 1. The van der Waals surface area contributed by atoms with Gasteiger partial charge < -0.3 is 4.98 Å². The highest BCUT2D eigenvalue weighted by molar-refractivity contribution is 9.10. The predicted octanol–water partition coefficient (Wildman–Crippen LogP) is 4.16. The Balaban J connectivity index is 2.31. The molecule has 0 radical (unpaired) electrons. The number of aromatic nitrogens is 2. The zero-order valence-electron chi connectivity index (χ0n) is 11.0. The number of H-pyrrole nitrogens is 1. The smallest absolute Gasteiger partial charge is 0.269 e. The van der Waals surface area contributed by atoms with Gasteiger partial charge in [-0.15, -0.1) is 0 Å². The van der Waals surface area contributed by atoms with Gasteiger partial charge in [0.25, 0.3) is 11.5 Å². The zero-order valence-corrected chi connectivity index (χ0v) is 14.1. The molecular formula is C15H8BrClN2O2S. The average Bonchev–Trinajstić information content (AvgIpc) is 2.49. The van der Waals surface area contributed by atoms with E-state index in [0.717, 1.165) is 4.57 Å². The topological polar surface area (TPSA) is 54.9 Å². The Labute approximate surface area is 143 Å². The Morgan fingerprint density at radius 1 is 1.23 bits per heavy atom. The van der Waals surface area contributed by atoms with Crippen LogP contribution < -0.4 is 5.56 Å². The largest absolute Gasteiger partial charge is 0.331 e. The van der Waals surface area contributed by atoms with Gasteiger partial charge in [-0.1, -0.05) is 39.7 Å². The standard InChI is InChI=1S/C15H8BrClN2O2S/c16-8-5-6-11(17)10(7-8)14(21)19-13(20)9-3-1-2-4-12(9)18-15(19)22/h1-7H,(H,18,22). The van der Waals surface area contributed by atoms with Crippen molar-refractivity contribution in [1.82, 2.24) is 9.55 Å². The number of carbonyl (C=O) groups is 1. The summed E-state index contributed by atoms with van der Waals surface area (Å²) in [7, 11) is 0. The highest BCUT2D eigenvalue weighted by Gasteiger charge is 2.17. The summed E-state index contributed by atoms with van der Waals surface area (Å²) in [5.74, 6) is -0.566. The third-order valence-corrected chi connectivity index (χ3v) is 4.27. The lowest BCUT2D eigenvalue weighted by molar-refractivity contribution is 0.0953. The van der Waals surface area contributed by atoms with Crippen LogP contribution in [0, 0.1) is 4.77 Å². The summed E-state index contributed by atoms with van der Waals surface area (Å²) >= 11 is 14.5. The van der Waals surface area contributed by atoms with Crippen molar-refractivity contribution in [2.45, 2.75) is 0 Å². The molecule has 110 valence electrons. The molecule has 7 heteroatoms. The molecule has 2 aromatic carbocycles. The zero-order chi connectivity index (χ0) is 15.9. The second-order valence-corrected chi connectivity index (χ2v) is 6.26. The quantitative estimate of drug-likeness (QED) is 0.629. The molecule has 0 bridgehead atoms. The summed E-state index contributed by atoms with van der Waals surface area (Å²) in [6.45, 7) is 0. The number of para-hydroxylation sites is 1. The number of halogens is 2. The van der Waals surface area contributed by atoms with Gasteiger partial charge in [0.2, 0.25) is 0 Å².